The highest BCUT2D eigenvalue weighted by Crippen LogP contribution is 2.24. The Balaban J connectivity index is 1.72. The molecule has 1 amide bonds. The summed E-state index contributed by atoms with van der Waals surface area (Å²) in [5, 5.41) is 10.3. The molecule has 4 nitrogen and oxygen atoms in total. The Hall–Kier alpha value is -2.11. The van der Waals surface area contributed by atoms with Crippen LogP contribution in [0, 0.1) is 13.8 Å². The van der Waals surface area contributed by atoms with Crippen LogP contribution in [0.15, 0.2) is 47.8 Å². The molecule has 0 aliphatic rings. The number of rotatable bonds is 6. The van der Waals surface area contributed by atoms with Gasteiger partial charge in [0.1, 0.15) is 6.04 Å². The molecule has 2 heterocycles. The predicted octanol–water partition coefficient (Wildman–Crippen LogP) is 4.16. The highest BCUT2D eigenvalue weighted by molar-refractivity contribution is 7.10. The molecular formula is C19H20ClN3OS. The van der Waals surface area contributed by atoms with Crippen molar-refractivity contribution in [2.24, 2.45) is 0 Å². The van der Waals surface area contributed by atoms with Gasteiger partial charge < -0.3 is 5.32 Å². The Kier molecular flexibility index (Phi) is 5.56. The fourth-order valence-electron chi connectivity index (χ4n) is 2.84. The number of hydrogen-bond acceptors (Lipinski definition) is 3. The van der Waals surface area contributed by atoms with Crippen LogP contribution in [-0.4, -0.2) is 22.2 Å². The van der Waals surface area contributed by atoms with Crippen molar-refractivity contribution in [1.29, 1.82) is 0 Å². The second kappa shape index (κ2) is 7.85. The summed E-state index contributed by atoms with van der Waals surface area (Å²) in [6.45, 7) is 4.50. The van der Waals surface area contributed by atoms with Gasteiger partial charge in [0.2, 0.25) is 5.91 Å². The Morgan fingerprint density at radius 3 is 2.72 bits per heavy atom. The molecule has 1 atom stereocenters. The van der Waals surface area contributed by atoms with Crippen LogP contribution in [0.2, 0.25) is 5.02 Å². The standard InChI is InChI=1S/C19H20ClN3OS/c1-13-10-14(2)23(22-13)17(18-8-5-9-25-18)12-21-19(24)11-15-6-3-4-7-16(15)20/h3-10,17H,11-12H2,1-2H3,(H,21,24)/t17-/m0/s1. The van der Waals surface area contributed by atoms with Crippen LogP contribution in [0.3, 0.4) is 0 Å². The van der Waals surface area contributed by atoms with E-state index in [9.17, 15) is 4.79 Å². The first-order valence-corrected chi connectivity index (χ1v) is 9.36. The molecule has 0 fully saturated rings. The summed E-state index contributed by atoms with van der Waals surface area (Å²) in [4.78, 5) is 13.5. The number of aryl methyl sites for hydroxylation is 2. The summed E-state index contributed by atoms with van der Waals surface area (Å²) in [6, 6.07) is 13.6. The largest absolute Gasteiger partial charge is 0.353 e. The number of nitrogens with one attached hydrogen (secondary N) is 1. The number of halogens is 1. The molecule has 0 saturated carbocycles. The second-order valence-electron chi connectivity index (χ2n) is 5.98. The Morgan fingerprint density at radius 2 is 2.08 bits per heavy atom. The minimum absolute atomic E-state index is 0.0103. The van der Waals surface area contributed by atoms with Crippen LogP contribution >= 0.6 is 22.9 Å². The molecule has 0 bridgehead atoms. The number of aromatic nitrogens is 2. The number of thiophene rings is 1. The van der Waals surface area contributed by atoms with Crippen molar-refractivity contribution in [3.63, 3.8) is 0 Å². The fraction of sp³-hybridized carbons (Fsp3) is 0.263. The lowest BCUT2D eigenvalue weighted by Gasteiger charge is -2.19. The predicted molar refractivity (Wildman–Crippen MR) is 102 cm³/mol. The van der Waals surface area contributed by atoms with Crippen molar-refractivity contribution in [2.75, 3.05) is 6.54 Å². The normalized spacial score (nSPS) is 12.1. The summed E-state index contributed by atoms with van der Waals surface area (Å²) >= 11 is 7.81. The second-order valence-corrected chi connectivity index (χ2v) is 7.36. The lowest BCUT2D eigenvalue weighted by atomic mass is 10.1. The van der Waals surface area contributed by atoms with E-state index in [1.54, 1.807) is 17.4 Å². The number of nitrogens with zero attached hydrogens (tertiary/aromatic N) is 2. The lowest BCUT2D eigenvalue weighted by molar-refractivity contribution is -0.120. The molecule has 0 unspecified atom stereocenters. The van der Waals surface area contributed by atoms with E-state index in [-0.39, 0.29) is 18.4 Å². The molecule has 3 aromatic rings. The van der Waals surface area contributed by atoms with Crippen LogP contribution < -0.4 is 5.32 Å². The van der Waals surface area contributed by atoms with E-state index in [1.807, 2.05) is 54.2 Å². The lowest BCUT2D eigenvalue weighted by Crippen LogP contribution is -2.32. The van der Waals surface area contributed by atoms with E-state index in [1.165, 1.54) is 4.88 Å². The van der Waals surface area contributed by atoms with Crippen LogP contribution in [0.4, 0.5) is 0 Å². The van der Waals surface area contributed by atoms with Crippen molar-refractivity contribution in [2.45, 2.75) is 26.3 Å². The Labute approximate surface area is 156 Å². The van der Waals surface area contributed by atoms with Gasteiger partial charge in [0.25, 0.3) is 0 Å². The van der Waals surface area contributed by atoms with E-state index in [2.05, 4.69) is 16.5 Å². The van der Waals surface area contributed by atoms with Crippen molar-refractivity contribution in [1.82, 2.24) is 15.1 Å². The zero-order chi connectivity index (χ0) is 17.8. The van der Waals surface area contributed by atoms with E-state index in [0.29, 0.717) is 11.6 Å². The van der Waals surface area contributed by atoms with Gasteiger partial charge in [-0.3, -0.25) is 9.48 Å². The molecule has 2 aromatic heterocycles. The third-order valence-electron chi connectivity index (χ3n) is 4.01. The Bertz CT molecular complexity index is 857. The molecule has 3 rings (SSSR count). The van der Waals surface area contributed by atoms with Crippen LogP contribution in [0.25, 0.3) is 0 Å². The molecular weight excluding hydrogens is 354 g/mol. The first kappa shape index (κ1) is 17.7. The summed E-state index contributed by atoms with van der Waals surface area (Å²) in [5.74, 6) is -0.0452. The number of amides is 1. The van der Waals surface area contributed by atoms with Crippen molar-refractivity contribution >= 4 is 28.8 Å². The van der Waals surface area contributed by atoms with E-state index in [4.69, 9.17) is 11.6 Å². The SMILES string of the molecule is Cc1cc(C)n([C@@H](CNC(=O)Cc2ccccc2Cl)c2cccs2)n1. The van der Waals surface area contributed by atoms with Gasteiger partial charge in [-0.2, -0.15) is 5.10 Å². The van der Waals surface area contributed by atoms with E-state index >= 15 is 0 Å². The maximum Gasteiger partial charge on any atom is 0.224 e. The van der Waals surface area contributed by atoms with Crippen LogP contribution in [0.1, 0.15) is 27.9 Å². The van der Waals surface area contributed by atoms with Crippen molar-refractivity contribution < 1.29 is 4.79 Å². The van der Waals surface area contributed by atoms with E-state index < -0.39 is 0 Å². The van der Waals surface area contributed by atoms with Crippen LogP contribution in [-0.2, 0) is 11.2 Å². The molecule has 0 spiro atoms. The molecule has 1 aromatic carbocycles. The van der Waals surface area contributed by atoms with Gasteiger partial charge in [0.05, 0.1) is 12.1 Å². The molecule has 0 aliphatic heterocycles. The van der Waals surface area contributed by atoms with Crippen molar-refractivity contribution in [3.8, 4) is 0 Å². The zero-order valence-corrected chi connectivity index (χ0v) is 15.8. The highest BCUT2D eigenvalue weighted by Gasteiger charge is 2.19. The molecule has 6 heteroatoms. The number of hydrogen-bond donors (Lipinski definition) is 1. The average Bonchev–Trinajstić information content (AvgIpc) is 3.20. The van der Waals surface area contributed by atoms with E-state index in [0.717, 1.165) is 17.0 Å². The van der Waals surface area contributed by atoms with Crippen molar-refractivity contribution in [3.05, 3.63) is 74.7 Å². The van der Waals surface area contributed by atoms with Crippen LogP contribution in [0.5, 0.6) is 0 Å². The summed E-state index contributed by atoms with van der Waals surface area (Å²) < 4.78 is 1.98. The minimum atomic E-state index is -0.0452. The van der Waals surface area contributed by atoms with Gasteiger partial charge in [-0.15, -0.1) is 11.3 Å². The summed E-state index contributed by atoms with van der Waals surface area (Å²) in [5.41, 5.74) is 2.89. The highest BCUT2D eigenvalue weighted by atomic mass is 35.5. The molecule has 25 heavy (non-hydrogen) atoms. The van der Waals surface area contributed by atoms with Gasteiger partial charge in [-0.05, 0) is 43.0 Å². The Morgan fingerprint density at radius 1 is 1.28 bits per heavy atom. The quantitative estimate of drug-likeness (QED) is 0.705. The molecule has 0 radical (unpaired) electrons. The molecule has 130 valence electrons. The number of carbonyl (C=O) groups excluding carboxylic acids is 1. The third-order valence-corrected chi connectivity index (χ3v) is 5.36. The zero-order valence-electron chi connectivity index (χ0n) is 14.2. The van der Waals surface area contributed by atoms with Gasteiger partial charge in [-0.25, -0.2) is 0 Å². The number of benzene rings is 1. The maximum absolute atomic E-state index is 12.4. The number of carbonyl (C=O) groups is 1. The molecule has 0 aliphatic carbocycles. The van der Waals surface area contributed by atoms with Gasteiger partial charge >= 0.3 is 0 Å². The maximum atomic E-state index is 12.4. The smallest absolute Gasteiger partial charge is 0.224 e. The molecule has 1 N–H and O–H groups in total. The first-order valence-electron chi connectivity index (χ1n) is 8.11. The average molecular weight is 374 g/mol. The third kappa shape index (κ3) is 4.30. The molecule has 0 saturated heterocycles. The minimum Gasteiger partial charge on any atom is -0.353 e. The monoisotopic (exact) mass is 373 g/mol. The van der Waals surface area contributed by atoms with Gasteiger partial charge in [0.15, 0.2) is 0 Å². The summed E-state index contributed by atoms with van der Waals surface area (Å²) in [6.07, 6.45) is 0.272. The summed E-state index contributed by atoms with van der Waals surface area (Å²) in [7, 11) is 0. The first-order chi connectivity index (χ1) is 12.0. The van der Waals surface area contributed by atoms with Gasteiger partial charge in [0, 0.05) is 22.1 Å². The fourth-order valence-corrected chi connectivity index (χ4v) is 3.85. The topological polar surface area (TPSA) is 46.9 Å². The van der Waals surface area contributed by atoms with Gasteiger partial charge in [-0.1, -0.05) is 35.9 Å².